The Balaban J connectivity index is 1.89. The van der Waals surface area contributed by atoms with Gasteiger partial charge in [0.25, 0.3) is 0 Å². The van der Waals surface area contributed by atoms with E-state index in [0.29, 0.717) is 5.69 Å². The number of nitrogens with one attached hydrogen (secondary N) is 1. The lowest BCUT2D eigenvalue weighted by Gasteiger charge is -2.08. The maximum Gasteiger partial charge on any atom is 0.238 e. The van der Waals surface area contributed by atoms with E-state index >= 15 is 0 Å². The molecule has 0 aliphatic rings. The van der Waals surface area contributed by atoms with Crippen LogP contribution in [0, 0.1) is 5.82 Å². The lowest BCUT2D eigenvalue weighted by molar-refractivity contribution is -0.116. The molecule has 2 aromatic rings. The SMILES string of the molecule is NS(=O)(=O)c1cccc(NC(=O)CCOc2ccccc2F)c1. The fourth-order valence-electron chi connectivity index (χ4n) is 1.79. The molecular formula is C15H15FN2O4S. The van der Waals surface area contributed by atoms with E-state index in [4.69, 9.17) is 9.88 Å². The number of anilines is 1. The quantitative estimate of drug-likeness (QED) is 0.840. The van der Waals surface area contributed by atoms with E-state index in [2.05, 4.69) is 5.32 Å². The summed E-state index contributed by atoms with van der Waals surface area (Å²) >= 11 is 0. The second kappa shape index (κ2) is 7.21. The van der Waals surface area contributed by atoms with Gasteiger partial charge in [-0.1, -0.05) is 18.2 Å². The van der Waals surface area contributed by atoms with Gasteiger partial charge >= 0.3 is 0 Å². The predicted octanol–water partition coefficient (Wildman–Crippen LogP) is 1.88. The molecule has 0 aromatic heterocycles. The monoisotopic (exact) mass is 338 g/mol. The molecule has 0 spiro atoms. The number of halogens is 1. The predicted molar refractivity (Wildman–Crippen MR) is 83.0 cm³/mol. The summed E-state index contributed by atoms with van der Waals surface area (Å²) in [5, 5.41) is 7.54. The molecule has 0 bridgehead atoms. The number of rotatable bonds is 6. The summed E-state index contributed by atoms with van der Waals surface area (Å²) in [5.41, 5.74) is 0.299. The van der Waals surface area contributed by atoms with Gasteiger partial charge in [0.05, 0.1) is 17.9 Å². The molecule has 0 saturated heterocycles. The zero-order valence-corrected chi connectivity index (χ0v) is 12.8. The van der Waals surface area contributed by atoms with Crippen LogP contribution in [0.1, 0.15) is 6.42 Å². The average molecular weight is 338 g/mol. The van der Waals surface area contributed by atoms with Crippen molar-refractivity contribution in [3.05, 3.63) is 54.3 Å². The highest BCUT2D eigenvalue weighted by molar-refractivity contribution is 7.89. The largest absolute Gasteiger partial charge is 0.490 e. The molecule has 122 valence electrons. The smallest absolute Gasteiger partial charge is 0.238 e. The molecule has 0 aliphatic carbocycles. The van der Waals surface area contributed by atoms with Gasteiger partial charge in [-0.25, -0.2) is 17.9 Å². The Kier molecular flexibility index (Phi) is 5.30. The molecule has 0 fully saturated rings. The van der Waals surface area contributed by atoms with Gasteiger partial charge in [0.15, 0.2) is 11.6 Å². The van der Waals surface area contributed by atoms with Crippen molar-refractivity contribution in [2.24, 2.45) is 5.14 Å². The minimum atomic E-state index is -3.84. The zero-order valence-electron chi connectivity index (χ0n) is 12.0. The van der Waals surface area contributed by atoms with Crippen molar-refractivity contribution < 1.29 is 22.3 Å². The molecule has 0 atom stereocenters. The number of hydrogen-bond donors (Lipinski definition) is 2. The van der Waals surface area contributed by atoms with Gasteiger partial charge in [-0.2, -0.15) is 0 Å². The van der Waals surface area contributed by atoms with E-state index in [-0.39, 0.29) is 23.7 Å². The van der Waals surface area contributed by atoms with Gasteiger partial charge in [0, 0.05) is 5.69 Å². The van der Waals surface area contributed by atoms with E-state index in [0.717, 1.165) is 0 Å². The molecular weight excluding hydrogens is 323 g/mol. The highest BCUT2D eigenvalue weighted by Crippen LogP contribution is 2.16. The number of amides is 1. The van der Waals surface area contributed by atoms with Crippen LogP contribution in [0.25, 0.3) is 0 Å². The number of primary sulfonamides is 1. The number of para-hydroxylation sites is 1. The Morgan fingerprint density at radius 3 is 2.61 bits per heavy atom. The number of hydrogen-bond acceptors (Lipinski definition) is 4. The molecule has 8 heteroatoms. The molecule has 23 heavy (non-hydrogen) atoms. The van der Waals surface area contributed by atoms with Crippen LogP contribution in [0.4, 0.5) is 10.1 Å². The topological polar surface area (TPSA) is 98.5 Å². The third kappa shape index (κ3) is 5.04. The van der Waals surface area contributed by atoms with Gasteiger partial charge in [0.2, 0.25) is 15.9 Å². The van der Waals surface area contributed by atoms with Crippen molar-refractivity contribution in [2.45, 2.75) is 11.3 Å². The van der Waals surface area contributed by atoms with Crippen molar-refractivity contribution in [3.8, 4) is 5.75 Å². The van der Waals surface area contributed by atoms with Crippen LogP contribution in [-0.4, -0.2) is 20.9 Å². The van der Waals surface area contributed by atoms with Crippen LogP contribution < -0.4 is 15.2 Å². The number of sulfonamides is 1. The molecule has 1 amide bonds. The van der Waals surface area contributed by atoms with E-state index in [1.165, 1.54) is 42.5 Å². The molecule has 6 nitrogen and oxygen atoms in total. The van der Waals surface area contributed by atoms with E-state index < -0.39 is 21.7 Å². The van der Waals surface area contributed by atoms with E-state index in [1.807, 2.05) is 0 Å². The van der Waals surface area contributed by atoms with Crippen molar-refractivity contribution in [1.82, 2.24) is 0 Å². The lowest BCUT2D eigenvalue weighted by atomic mass is 10.3. The number of carbonyl (C=O) groups excluding carboxylic acids is 1. The van der Waals surface area contributed by atoms with Crippen LogP contribution in [0.2, 0.25) is 0 Å². The molecule has 0 heterocycles. The standard InChI is InChI=1S/C15H15FN2O4S/c16-13-6-1-2-7-14(13)22-9-8-15(19)18-11-4-3-5-12(10-11)23(17,20)21/h1-7,10H,8-9H2,(H,18,19)(H2,17,20,21). The third-order valence-corrected chi connectivity index (χ3v) is 3.78. The molecule has 0 unspecified atom stereocenters. The summed E-state index contributed by atoms with van der Waals surface area (Å²) < 4.78 is 41.0. The normalized spacial score (nSPS) is 11.0. The number of carbonyl (C=O) groups is 1. The minimum absolute atomic E-state index is 0.0123. The Morgan fingerprint density at radius 1 is 1.17 bits per heavy atom. The van der Waals surface area contributed by atoms with Crippen molar-refractivity contribution in [1.29, 1.82) is 0 Å². The van der Waals surface area contributed by atoms with Gasteiger partial charge in [0.1, 0.15) is 0 Å². The van der Waals surface area contributed by atoms with E-state index in [9.17, 15) is 17.6 Å². The lowest BCUT2D eigenvalue weighted by Crippen LogP contribution is -2.16. The fraction of sp³-hybridized carbons (Fsp3) is 0.133. The Hall–Kier alpha value is -2.45. The number of ether oxygens (including phenoxy) is 1. The molecule has 0 aliphatic heterocycles. The minimum Gasteiger partial charge on any atom is -0.490 e. The third-order valence-electron chi connectivity index (χ3n) is 2.87. The molecule has 0 saturated carbocycles. The maximum absolute atomic E-state index is 13.3. The second-order valence-electron chi connectivity index (χ2n) is 4.65. The molecule has 0 radical (unpaired) electrons. The van der Waals surface area contributed by atoms with E-state index in [1.54, 1.807) is 6.07 Å². The highest BCUT2D eigenvalue weighted by atomic mass is 32.2. The van der Waals surface area contributed by atoms with Gasteiger partial charge in [-0.15, -0.1) is 0 Å². The van der Waals surface area contributed by atoms with Crippen molar-refractivity contribution in [2.75, 3.05) is 11.9 Å². The van der Waals surface area contributed by atoms with Crippen LogP contribution in [-0.2, 0) is 14.8 Å². The van der Waals surface area contributed by atoms with Crippen LogP contribution in [0.15, 0.2) is 53.4 Å². The fourth-order valence-corrected chi connectivity index (χ4v) is 2.35. The first kappa shape index (κ1) is 16.9. The first-order valence-electron chi connectivity index (χ1n) is 6.66. The second-order valence-corrected chi connectivity index (χ2v) is 6.21. The van der Waals surface area contributed by atoms with Gasteiger partial charge in [-0.3, -0.25) is 4.79 Å². The molecule has 2 rings (SSSR count). The summed E-state index contributed by atoms with van der Waals surface area (Å²) in [6.07, 6.45) is -0.0199. The molecule has 3 N–H and O–H groups in total. The van der Waals surface area contributed by atoms with Crippen LogP contribution in [0.5, 0.6) is 5.75 Å². The van der Waals surface area contributed by atoms with Gasteiger partial charge < -0.3 is 10.1 Å². The first-order valence-corrected chi connectivity index (χ1v) is 8.21. The summed E-state index contributed by atoms with van der Waals surface area (Å²) in [5.74, 6) is -0.835. The van der Waals surface area contributed by atoms with Crippen LogP contribution in [0.3, 0.4) is 0 Å². The Labute approximate surface area is 133 Å². The van der Waals surface area contributed by atoms with Crippen LogP contribution >= 0.6 is 0 Å². The Bertz CT molecular complexity index is 809. The number of benzene rings is 2. The zero-order chi connectivity index (χ0) is 16.9. The Morgan fingerprint density at radius 2 is 1.91 bits per heavy atom. The van der Waals surface area contributed by atoms with Gasteiger partial charge in [-0.05, 0) is 30.3 Å². The van der Waals surface area contributed by atoms with Crippen molar-refractivity contribution >= 4 is 21.6 Å². The summed E-state index contributed by atoms with van der Waals surface area (Å²) in [6.45, 7) is -0.0123. The highest BCUT2D eigenvalue weighted by Gasteiger charge is 2.10. The maximum atomic E-state index is 13.3. The van der Waals surface area contributed by atoms with Crippen molar-refractivity contribution in [3.63, 3.8) is 0 Å². The first-order chi connectivity index (χ1) is 10.9. The molecule has 2 aromatic carbocycles. The number of nitrogens with two attached hydrogens (primary N) is 1. The summed E-state index contributed by atoms with van der Waals surface area (Å²) in [6, 6.07) is 11.5. The summed E-state index contributed by atoms with van der Waals surface area (Å²) in [7, 11) is -3.84. The average Bonchev–Trinajstić information content (AvgIpc) is 2.48. The summed E-state index contributed by atoms with van der Waals surface area (Å²) in [4.78, 5) is 11.7.